The number of likely N-dealkylation sites (tertiary alicyclic amines) is 1. The number of nitrogens with one attached hydrogen (secondary N) is 1. The van der Waals surface area contributed by atoms with E-state index in [9.17, 15) is 4.79 Å². The van der Waals surface area contributed by atoms with Crippen molar-refractivity contribution < 1.29 is 4.79 Å². The molecule has 27 heavy (non-hydrogen) atoms. The first-order valence-corrected chi connectivity index (χ1v) is 10.8. The molecule has 1 saturated heterocycles. The molecule has 0 radical (unpaired) electrons. The normalized spacial score (nSPS) is 22.3. The van der Waals surface area contributed by atoms with E-state index in [-0.39, 0.29) is 11.8 Å². The van der Waals surface area contributed by atoms with Crippen LogP contribution in [0.3, 0.4) is 0 Å². The van der Waals surface area contributed by atoms with Crippen LogP contribution in [0.5, 0.6) is 0 Å². The Kier molecular flexibility index (Phi) is 5.02. The summed E-state index contributed by atoms with van der Waals surface area (Å²) < 4.78 is 2.10. The predicted molar refractivity (Wildman–Crippen MR) is 112 cm³/mol. The Balaban J connectivity index is 1.85. The molecule has 146 valence electrons. The number of benzene rings is 1. The minimum atomic E-state index is -0.0217. The second kappa shape index (κ2) is 7.31. The van der Waals surface area contributed by atoms with E-state index in [1.807, 2.05) is 13.8 Å². The maximum absolute atomic E-state index is 12.5. The third-order valence-corrected chi connectivity index (χ3v) is 6.53. The molecule has 2 heterocycles. The predicted octanol–water partition coefficient (Wildman–Crippen LogP) is 4.44. The van der Waals surface area contributed by atoms with E-state index in [4.69, 9.17) is 0 Å². The molecule has 0 bridgehead atoms. The zero-order chi connectivity index (χ0) is 19.1. The van der Waals surface area contributed by atoms with Gasteiger partial charge >= 0.3 is 0 Å². The molecule has 4 heteroatoms. The Morgan fingerprint density at radius 3 is 2.81 bits per heavy atom. The lowest BCUT2D eigenvalue weighted by Crippen LogP contribution is -2.47. The largest absolute Gasteiger partial charge is 0.299 e. The smallest absolute Gasteiger partial charge is 0.241 e. The van der Waals surface area contributed by atoms with Crippen molar-refractivity contribution in [2.45, 2.75) is 71.8 Å². The van der Waals surface area contributed by atoms with Gasteiger partial charge < -0.3 is 0 Å². The van der Waals surface area contributed by atoms with Gasteiger partial charge in [-0.2, -0.15) is 0 Å². The van der Waals surface area contributed by atoms with E-state index >= 15 is 0 Å². The highest BCUT2D eigenvalue weighted by atomic mass is 16.2. The van der Waals surface area contributed by atoms with Crippen LogP contribution in [0.25, 0.3) is 10.9 Å². The third kappa shape index (κ3) is 2.98. The number of fused-ring (bicyclic) bond motifs is 2. The van der Waals surface area contributed by atoms with Gasteiger partial charge in [-0.15, -0.1) is 0 Å². The van der Waals surface area contributed by atoms with Gasteiger partial charge in [-0.1, -0.05) is 39.8 Å². The van der Waals surface area contributed by atoms with E-state index in [0.29, 0.717) is 12.0 Å². The van der Waals surface area contributed by atoms with Crippen LogP contribution in [0.15, 0.2) is 18.2 Å². The lowest BCUT2D eigenvalue weighted by molar-refractivity contribution is -0.119. The highest BCUT2D eigenvalue weighted by Gasteiger charge is 2.38. The van der Waals surface area contributed by atoms with Crippen molar-refractivity contribution in [2.24, 2.45) is 5.92 Å². The summed E-state index contributed by atoms with van der Waals surface area (Å²) in [6.07, 6.45) is 5.85. The third-order valence-electron chi connectivity index (χ3n) is 6.53. The molecule has 1 fully saturated rings. The van der Waals surface area contributed by atoms with Gasteiger partial charge in [0.05, 0.1) is 5.52 Å². The molecule has 1 aromatic carbocycles. The van der Waals surface area contributed by atoms with Gasteiger partial charge in [0.25, 0.3) is 0 Å². The number of carbonyl (C=O) groups excluding carboxylic acids is 1. The highest BCUT2D eigenvalue weighted by Crippen LogP contribution is 2.45. The Bertz CT molecular complexity index is 849. The van der Waals surface area contributed by atoms with Crippen molar-refractivity contribution in [3.63, 3.8) is 0 Å². The molecule has 1 N–H and O–H groups in total. The Labute approximate surface area is 162 Å². The molecular weight excluding hydrogens is 334 g/mol. The quantitative estimate of drug-likeness (QED) is 0.848. The lowest BCUT2D eigenvalue weighted by Gasteiger charge is -2.44. The van der Waals surface area contributed by atoms with Crippen molar-refractivity contribution in [3.8, 4) is 0 Å². The van der Waals surface area contributed by atoms with Gasteiger partial charge in [-0.25, -0.2) is 0 Å². The number of carbonyl (C=O) groups is 1. The molecule has 0 spiro atoms. The number of nitrogens with zero attached hydrogens (tertiary/aromatic N) is 2. The zero-order valence-corrected chi connectivity index (χ0v) is 17.2. The maximum atomic E-state index is 12.5. The maximum Gasteiger partial charge on any atom is 0.241 e. The minimum Gasteiger partial charge on any atom is -0.299 e. The monoisotopic (exact) mass is 367 g/mol. The van der Waals surface area contributed by atoms with Crippen molar-refractivity contribution in [2.75, 3.05) is 18.5 Å². The first-order valence-electron chi connectivity index (χ1n) is 10.8. The molecule has 0 unspecified atom stereocenters. The van der Waals surface area contributed by atoms with Crippen LogP contribution in [0, 0.1) is 5.92 Å². The standard InChI is InChI=1S/C23H33N3O/c1-5-12-25-13-8-10-16-17-9-7-11-20-22(17)18(14-21(16)25)19(6-2)26(20)24-23(27)15(3)4/h7,9,11,15-16,21H,5-6,8,10,12-14H2,1-4H3,(H,24,27)/t16-,21-/m1/s1. The fourth-order valence-electron chi connectivity index (χ4n) is 5.30. The Hall–Kier alpha value is -1.81. The molecule has 1 aliphatic carbocycles. The zero-order valence-electron chi connectivity index (χ0n) is 17.2. The summed E-state index contributed by atoms with van der Waals surface area (Å²) in [7, 11) is 0. The van der Waals surface area contributed by atoms with Crippen LogP contribution in [0.2, 0.25) is 0 Å². The average Bonchev–Trinajstić information content (AvgIpc) is 2.96. The summed E-state index contributed by atoms with van der Waals surface area (Å²) >= 11 is 0. The van der Waals surface area contributed by atoms with Crippen LogP contribution in [-0.2, 0) is 17.6 Å². The number of piperidine rings is 1. The van der Waals surface area contributed by atoms with Gasteiger partial charge in [0.2, 0.25) is 5.91 Å². The van der Waals surface area contributed by atoms with Gasteiger partial charge in [0, 0.05) is 29.0 Å². The van der Waals surface area contributed by atoms with E-state index in [1.165, 1.54) is 60.1 Å². The molecule has 1 aromatic heterocycles. The first kappa shape index (κ1) is 18.5. The topological polar surface area (TPSA) is 37.3 Å². The Morgan fingerprint density at radius 2 is 2.11 bits per heavy atom. The van der Waals surface area contributed by atoms with Crippen molar-refractivity contribution in [1.29, 1.82) is 0 Å². The van der Waals surface area contributed by atoms with Crippen molar-refractivity contribution in [3.05, 3.63) is 35.0 Å². The molecule has 1 aliphatic heterocycles. The van der Waals surface area contributed by atoms with Crippen molar-refractivity contribution >= 4 is 16.8 Å². The van der Waals surface area contributed by atoms with Gasteiger partial charge in [-0.05, 0) is 62.4 Å². The van der Waals surface area contributed by atoms with Crippen LogP contribution in [0.1, 0.15) is 69.7 Å². The second-order valence-corrected chi connectivity index (χ2v) is 8.54. The molecule has 2 atom stereocenters. The van der Waals surface area contributed by atoms with Crippen molar-refractivity contribution in [1.82, 2.24) is 9.58 Å². The molecule has 2 aromatic rings. The van der Waals surface area contributed by atoms with Gasteiger partial charge in [0.1, 0.15) is 0 Å². The van der Waals surface area contributed by atoms with Crippen LogP contribution in [0.4, 0.5) is 0 Å². The summed E-state index contributed by atoms with van der Waals surface area (Å²) in [4.78, 5) is 15.2. The summed E-state index contributed by atoms with van der Waals surface area (Å²) in [6, 6.07) is 7.31. The summed E-state index contributed by atoms with van der Waals surface area (Å²) in [6.45, 7) is 10.8. The van der Waals surface area contributed by atoms with E-state index in [2.05, 4.69) is 47.0 Å². The first-order chi connectivity index (χ1) is 13.1. The summed E-state index contributed by atoms with van der Waals surface area (Å²) in [5.41, 5.74) is 8.63. The number of hydrogen-bond acceptors (Lipinski definition) is 2. The lowest BCUT2D eigenvalue weighted by atomic mass is 9.74. The molecule has 1 amide bonds. The van der Waals surface area contributed by atoms with E-state index < -0.39 is 0 Å². The highest BCUT2D eigenvalue weighted by molar-refractivity contribution is 5.94. The number of rotatable bonds is 5. The van der Waals surface area contributed by atoms with E-state index in [1.54, 1.807) is 0 Å². The number of aromatic nitrogens is 1. The van der Waals surface area contributed by atoms with Gasteiger partial charge in [-0.3, -0.25) is 19.8 Å². The SMILES string of the molecule is CCCN1CCC[C@@H]2c3cccc4c3c(c(CC)n4NC(=O)C(C)C)C[C@H]21. The van der Waals surface area contributed by atoms with Crippen LogP contribution >= 0.6 is 0 Å². The summed E-state index contributed by atoms with van der Waals surface area (Å²) in [5.74, 6) is 0.692. The number of hydrogen-bond donors (Lipinski definition) is 1. The minimum absolute atomic E-state index is 0.0217. The molecule has 4 nitrogen and oxygen atoms in total. The fraction of sp³-hybridized carbons (Fsp3) is 0.609. The van der Waals surface area contributed by atoms with Crippen LogP contribution < -0.4 is 5.43 Å². The molecule has 0 saturated carbocycles. The molecular formula is C23H33N3O. The van der Waals surface area contributed by atoms with Crippen LogP contribution in [-0.4, -0.2) is 34.6 Å². The summed E-state index contributed by atoms with van der Waals surface area (Å²) in [5, 5.41) is 1.41. The Morgan fingerprint density at radius 1 is 1.30 bits per heavy atom. The molecule has 4 rings (SSSR count). The second-order valence-electron chi connectivity index (χ2n) is 8.54. The fourth-order valence-corrected chi connectivity index (χ4v) is 5.30. The van der Waals surface area contributed by atoms with Gasteiger partial charge in [0.15, 0.2) is 0 Å². The van der Waals surface area contributed by atoms with E-state index in [0.717, 1.165) is 12.8 Å². The molecule has 2 aliphatic rings. The number of amides is 1. The average molecular weight is 368 g/mol.